The molecule has 2 rings (SSSR count). The van der Waals surface area contributed by atoms with Crippen LogP contribution in [0.3, 0.4) is 0 Å². The van der Waals surface area contributed by atoms with Crippen LogP contribution in [0.2, 0.25) is 0 Å². The zero-order valence-electron chi connectivity index (χ0n) is 38.0. The number of halogens is 5. The minimum atomic E-state index is -2.09. The van der Waals surface area contributed by atoms with Crippen molar-refractivity contribution in [1.29, 1.82) is 0 Å². The maximum atomic E-state index is 13.6. The summed E-state index contributed by atoms with van der Waals surface area (Å²) in [7, 11) is 0. The molecule has 0 radical (unpaired) electrons. The number of amides is 2. The highest BCUT2D eigenvalue weighted by molar-refractivity contribution is 5.82. The van der Waals surface area contributed by atoms with Crippen LogP contribution in [0.15, 0.2) is 60.7 Å². The Morgan fingerprint density at radius 3 is 0.877 bits per heavy atom. The van der Waals surface area contributed by atoms with Crippen molar-refractivity contribution in [3.63, 3.8) is 0 Å². The SMILES string of the molecule is CC(C(=O)O)C(C)(C)F.CC(C)(F)C(N)C(=O)O.CC(C)(F)C(N)C(=O)O.CC(C)(F)C(NC(=O)OCc1ccccc1)C(=O)O.CC(C)(F)C(NC(=O)OCc1ccccc1)C(=O)O. The van der Waals surface area contributed by atoms with E-state index in [1.165, 1.54) is 20.8 Å². The van der Waals surface area contributed by atoms with Gasteiger partial charge in [-0.1, -0.05) is 60.7 Å². The van der Waals surface area contributed by atoms with E-state index < -0.39 is 100 Å². The Bertz CT molecular complexity index is 1640. The van der Waals surface area contributed by atoms with Crippen molar-refractivity contribution in [1.82, 2.24) is 10.6 Å². The third-order valence-corrected chi connectivity index (χ3v) is 8.23. The summed E-state index contributed by atoms with van der Waals surface area (Å²) in [5.41, 5.74) is 1.87. The Balaban J connectivity index is -0.000000778. The predicted octanol–water partition coefficient (Wildman–Crippen LogP) is 5.98. The number of benzene rings is 2. The van der Waals surface area contributed by atoms with Crippen LogP contribution >= 0.6 is 0 Å². The number of nitrogens with one attached hydrogen (secondary N) is 2. The summed E-state index contributed by atoms with van der Waals surface area (Å²) in [4.78, 5) is 74.6. The van der Waals surface area contributed by atoms with E-state index in [2.05, 4.69) is 0 Å². The number of aliphatic carboxylic acids is 5. The number of rotatable bonds is 16. The molecule has 0 bridgehead atoms. The first kappa shape index (κ1) is 63.2. The average molecular weight is 943 g/mol. The first-order chi connectivity index (χ1) is 29.2. The van der Waals surface area contributed by atoms with Crippen LogP contribution in [0.5, 0.6) is 0 Å². The Morgan fingerprint density at radius 2 is 0.738 bits per heavy atom. The maximum Gasteiger partial charge on any atom is 0.408 e. The van der Waals surface area contributed by atoms with E-state index in [4.69, 9.17) is 46.5 Å². The molecule has 5 unspecified atom stereocenters. The molecular formula is C42H63F5N4O14. The molecule has 65 heavy (non-hydrogen) atoms. The van der Waals surface area contributed by atoms with E-state index in [9.17, 15) is 55.5 Å². The van der Waals surface area contributed by atoms with Crippen molar-refractivity contribution >= 4 is 42.0 Å². The number of alkyl halides is 5. The van der Waals surface area contributed by atoms with Gasteiger partial charge >= 0.3 is 42.0 Å². The summed E-state index contributed by atoms with van der Waals surface area (Å²) in [5.74, 6) is -7.57. The minimum Gasteiger partial charge on any atom is -0.481 e. The lowest BCUT2D eigenvalue weighted by molar-refractivity contribution is -0.146. The van der Waals surface area contributed by atoms with Crippen LogP contribution in [0.4, 0.5) is 31.5 Å². The van der Waals surface area contributed by atoms with E-state index in [0.29, 0.717) is 0 Å². The number of nitrogens with two attached hydrogens (primary N) is 2. The van der Waals surface area contributed by atoms with Crippen LogP contribution in [0.1, 0.15) is 87.3 Å². The van der Waals surface area contributed by atoms with Crippen LogP contribution in [-0.4, -0.2) is 120 Å². The molecule has 0 saturated carbocycles. The van der Waals surface area contributed by atoms with Gasteiger partial charge in [-0.3, -0.25) is 14.4 Å². The second kappa shape index (κ2) is 27.9. The van der Waals surface area contributed by atoms with Gasteiger partial charge in [0.05, 0.1) is 5.92 Å². The highest BCUT2D eigenvalue weighted by Gasteiger charge is 2.38. The highest BCUT2D eigenvalue weighted by atomic mass is 19.2. The van der Waals surface area contributed by atoms with Gasteiger partial charge in [0, 0.05) is 0 Å². The topological polar surface area (TPSA) is 315 Å². The van der Waals surface area contributed by atoms with Gasteiger partial charge in [-0.15, -0.1) is 0 Å². The van der Waals surface area contributed by atoms with Gasteiger partial charge in [0.2, 0.25) is 0 Å². The normalized spacial score (nSPS) is 13.6. The molecule has 23 heteroatoms. The molecule has 2 amide bonds. The molecule has 18 nitrogen and oxygen atoms in total. The quantitative estimate of drug-likeness (QED) is 0.0875. The summed E-state index contributed by atoms with van der Waals surface area (Å²) in [6.45, 7) is 12.7. The molecule has 370 valence electrons. The smallest absolute Gasteiger partial charge is 0.408 e. The van der Waals surface area contributed by atoms with Gasteiger partial charge in [0.15, 0.2) is 12.1 Å². The number of carbonyl (C=O) groups excluding carboxylic acids is 2. The van der Waals surface area contributed by atoms with E-state index in [-0.39, 0.29) is 13.2 Å². The monoisotopic (exact) mass is 942 g/mol. The summed E-state index contributed by atoms with van der Waals surface area (Å²) in [6.07, 6.45) is -1.94. The van der Waals surface area contributed by atoms with Gasteiger partial charge in [-0.25, -0.2) is 41.1 Å². The lowest BCUT2D eigenvalue weighted by Crippen LogP contribution is -2.52. The molecular weight excluding hydrogens is 879 g/mol. The second-order valence-electron chi connectivity index (χ2n) is 16.5. The van der Waals surface area contributed by atoms with E-state index in [1.54, 1.807) is 48.5 Å². The second-order valence-corrected chi connectivity index (χ2v) is 16.5. The van der Waals surface area contributed by atoms with E-state index in [0.717, 1.165) is 66.5 Å². The Hall–Kier alpha value is -6.10. The largest absolute Gasteiger partial charge is 0.481 e. The maximum absolute atomic E-state index is 13.6. The van der Waals surface area contributed by atoms with Gasteiger partial charge in [-0.05, 0) is 87.3 Å². The zero-order valence-corrected chi connectivity index (χ0v) is 38.0. The Labute approximate surface area is 373 Å². The molecule has 0 aliphatic rings. The fourth-order valence-electron chi connectivity index (χ4n) is 3.70. The molecule has 2 aromatic rings. The summed E-state index contributed by atoms with van der Waals surface area (Å²) >= 11 is 0. The van der Waals surface area contributed by atoms with Crippen LogP contribution < -0.4 is 22.1 Å². The molecule has 0 spiro atoms. The first-order valence-electron chi connectivity index (χ1n) is 19.2. The fourth-order valence-corrected chi connectivity index (χ4v) is 3.70. The third kappa shape index (κ3) is 29.8. The minimum absolute atomic E-state index is 0.00821. The Morgan fingerprint density at radius 1 is 0.477 bits per heavy atom. The molecule has 0 heterocycles. The number of alkyl carbamates (subject to hydrolysis) is 2. The predicted molar refractivity (Wildman–Crippen MR) is 226 cm³/mol. The lowest BCUT2D eigenvalue weighted by Gasteiger charge is -2.23. The number of hydrogen-bond donors (Lipinski definition) is 9. The van der Waals surface area contributed by atoms with Crippen LogP contribution in [0, 0.1) is 5.92 Å². The molecule has 0 aliphatic carbocycles. The molecule has 0 saturated heterocycles. The molecule has 2 aromatic carbocycles. The van der Waals surface area contributed by atoms with Crippen LogP contribution in [0.25, 0.3) is 0 Å². The molecule has 11 N–H and O–H groups in total. The van der Waals surface area contributed by atoms with Crippen molar-refractivity contribution < 1.29 is 90.5 Å². The number of hydrogen-bond acceptors (Lipinski definition) is 11. The van der Waals surface area contributed by atoms with Crippen molar-refractivity contribution in [3.05, 3.63) is 71.8 Å². The summed E-state index contributed by atoms with van der Waals surface area (Å²) in [5, 5.41) is 46.2. The zero-order chi connectivity index (χ0) is 51.9. The van der Waals surface area contributed by atoms with Gasteiger partial charge in [0.1, 0.15) is 53.6 Å². The number of ether oxygens (including phenoxy) is 2. The number of carboxylic acids is 5. The van der Waals surface area contributed by atoms with Crippen molar-refractivity contribution in [2.24, 2.45) is 17.4 Å². The first-order valence-corrected chi connectivity index (χ1v) is 19.2. The Kier molecular flexibility index (Phi) is 27.2. The van der Waals surface area contributed by atoms with Gasteiger partial charge in [0.25, 0.3) is 0 Å². The molecule has 5 atom stereocenters. The molecule has 0 aliphatic heterocycles. The molecule has 0 aromatic heterocycles. The highest BCUT2D eigenvalue weighted by Crippen LogP contribution is 2.20. The van der Waals surface area contributed by atoms with E-state index in [1.807, 2.05) is 22.8 Å². The standard InChI is InChI=1S/2C13H16FNO4.C6H11FO2.2C5H10FNO2/c2*1-13(2,14)10(11(16)17)15-12(18)19-8-9-6-4-3-5-7-9;1-4(5(8)9)6(2,3)7;2*1-5(2,6)3(7)4(8)9/h2*3-7,10H,8H2,1-2H3,(H,15,18)(H,16,17);4H,1-3H3,(H,8,9);2*3H,7H2,1-2H3,(H,8,9). The summed E-state index contributed by atoms with van der Waals surface area (Å²) in [6, 6.07) is 11.6. The summed E-state index contributed by atoms with van der Waals surface area (Å²) < 4.78 is 74.5. The van der Waals surface area contributed by atoms with Crippen LogP contribution in [-0.2, 0) is 46.7 Å². The average Bonchev–Trinajstić information content (AvgIpc) is 3.16. The number of carboxylic acid groups (broad SMARTS) is 5. The van der Waals surface area contributed by atoms with Crippen molar-refractivity contribution in [2.45, 2.75) is 142 Å². The van der Waals surface area contributed by atoms with Crippen molar-refractivity contribution in [3.8, 4) is 0 Å². The lowest BCUT2D eigenvalue weighted by atomic mass is 9.95. The van der Waals surface area contributed by atoms with Gasteiger partial charge < -0.3 is 57.1 Å². The third-order valence-electron chi connectivity index (χ3n) is 8.23. The number of carbonyl (C=O) groups is 7. The van der Waals surface area contributed by atoms with E-state index >= 15 is 0 Å². The molecule has 0 fully saturated rings. The fraction of sp³-hybridized carbons (Fsp3) is 0.548. The van der Waals surface area contributed by atoms with Crippen molar-refractivity contribution in [2.75, 3.05) is 0 Å². The van der Waals surface area contributed by atoms with Gasteiger partial charge in [-0.2, -0.15) is 0 Å².